The van der Waals surface area contributed by atoms with Crippen LogP contribution in [0.1, 0.15) is 93.1 Å². The summed E-state index contributed by atoms with van der Waals surface area (Å²) < 4.78 is 11.9. The van der Waals surface area contributed by atoms with Gasteiger partial charge in [-0.2, -0.15) is 0 Å². The van der Waals surface area contributed by atoms with E-state index in [2.05, 4.69) is 10.6 Å². The molecule has 1 fully saturated rings. The number of methoxy groups -OCH3 is 2. The van der Waals surface area contributed by atoms with Gasteiger partial charge in [-0.1, -0.05) is 78.3 Å². The number of likely N-dealkylation sites (N-methyl/N-ethyl adjacent to an activating group) is 1. The number of aliphatic carboxylic acids is 1. The van der Waals surface area contributed by atoms with E-state index in [1.807, 2.05) is 58.0 Å². The van der Waals surface area contributed by atoms with Gasteiger partial charge < -0.3 is 40.7 Å². The highest BCUT2D eigenvalue weighted by Gasteiger charge is 2.43. The molecule has 1 heterocycles. The minimum absolute atomic E-state index is 0.00258. The quantitative estimate of drug-likeness (QED) is 0.146. The van der Waals surface area contributed by atoms with Crippen LogP contribution < -0.4 is 16.4 Å². The molecule has 1 aliphatic rings. The molecule has 4 amide bonds. The summed E-state index contributed by atoms with van der Waals surface area (Å²) in [6.07, 6.45) is 1.55. The second-order valence-corrected chi connectivity index (χ2v) is 15.9. The predicted molar refractivity (Wildman–Crippen MR) is 205 cm³/mol. The van der Waals surface area contributed by atoms with Gasteiger partial charge in [-0.3, -0.25) is 24.0 Å². The summed E-state index contributed by atoms with van der Waals surface area (Å²) in [5, 5.41) is 15.5. The maximum atomic E-state index is 14.2. The van der Waals surface area contributed by atoms with Gasteiger partial charge in [0.15, 0.2) is 0 Å². The van der Waals surface area contributed by atoms with Crippen LogP contribution in [-0.4, -0.2) is 114 Å². The highest BCUT2D eigenvalue weighted by molar-refractivity contribution is 5.91. The molecule has 1 unspecified atom stereocenters. The van der Waals surface area contributed by atoms with Crippen LogP contribution in [0.4, 0.5) is 0 Å². The number of carbonyl (C=O) groups is 5. The zero-order valence-corrected chi connectivity index (χ0v) is 33.9. The maximum absolute atomic E-state index is 14.2. The topological polar surface area (TPSA) is 181 Å². The third kappa shape index (κ3) is 12.8. The summed E-state index contributed by atoms with van der Waals surface area (Å²) in [7, 11) is 4.76. The standard InChI is InChI=1S/C40H67N5O8/c1-12-25(4)34(44(9)37(48)33(24(2)3)43-39(51)40(7,8)41)31(52-10)23-32(46)45-20-16-19-30(45)35(53-11)27(6)36(47)42-29(21-26(5)38(49)50)22-28-17-14-13-15-18-28/h13-15,17-18,24-27,29-31,33-35H,12,16,19-23,41H2,1-11H3,(H,42,47)(H,43,51)(H,49,50)/t25-,26-,27+,29+,30?,31+,33-,34-,35+/m0/s1. The van der Waals surface area contributed by atoms with Crippen LogP contribution in [0.2, 0.25) is 0 Å². The van der Waals surface area contributed by atoms with Crippen molar-refractivity contribution >= 4 is 29.6 Å². The lowest BCUT2D eigenvalue weighted by Crippen LogP contribution is -2.60. The highest BCUT2D eigenvalue weighted by Crippen LogP contribution is 2.30. The molecule has 0 radical (unpaired) electrons. The number of likely N-dealkylation sites (tertiary alicyclic amines) is 1. The van der Waals surface area contributed by atoms with Crippen molar-refractivity contribution in [2.24, 2.45) is 29.4 Å². The number of nitrogens with one attached hydrogen (secondary N) is 2. The first-order valence-electron chi connectivity index (χ1n) is 19.1. The summed E-state index contributed by atoms with van der Waals surface area (Å²) >= 11 is 0. The lowest BCUT2D eigenvalue weighted by Gasteiger charge is -2.41. The molecule has 2 rings (SSSR count). The van der Waals surface area contributed by atoms with E-state index in [0.29, 0.717) is 25.8 Å². The number of hydrogen-bond donors (Lipinski definition) is 4. The molecular weight excluding hydrogens is 678 g/mol. The first-order chi connectivity index (χ1) is 24.8. The first kappa shape index (κ1) is 45.6. The van der Waals surface area contributed by atoms with E-state index in [1.54, 1.807) is 44.5 Å². The number of rotatable bonds is 21. The van der Waals surface area contributed by atoms with Gasteiger partial charge >= 0.3 is 5.97 Å². The van der Waals surface area contributed by atoms with Crippen LogP contribution in [0, 0.1) is 23.7 Å². The van der Waals surface area contributed by atoms with Gasteiger partial charge in [0.2, 0.25) is 23.6 Å². The van der Waals surface area contributed by atoms with E-state index in [9.17, 15) is 29.1 Å². The molecule has 300 valence electrons. The number of ether oxygens (including phenoxy) is 2. The van der Waals surface area contributed by atoms with E-state index in [0.717, 1.165) is 12.0 Å². The van der Waals surface area contributed by atoms with E-state index >= 15 is 0 Å². The lowest BCUT2D eigenvalue weighted by atomic mass is 9.89. The molecule has 13 heteroatoms. The fourth-order valence-corrected chi connectivity index (χ4v) is 7.32. The average Bonchev–Trinajstić information content (AvgIpc) is 3.59. The third-order valence-electron chi connectivity index (χ3n) is 10.8. The Bertz CT molecular complexity index is 1350. The number of amides is 4. The van der Waals surface area contributed by atoms with Gasteiger partial charge in [0.25, 0.3) is 0 Å². The molecule has 0 saturated carbocycles. The molecule has 0 spiro atoms. The van der Waals surface area contributed by atoms with Gasteiger partial charge in [-0.05, 0) is 56.9 Å². The lowest BCUT2D eigenvalue weighted by molar-refractivity contribution is -0.148. The molecule has 1 saturated heterocycles. The van der Waals surface area contributed by atoms with Crippen molar-refractivity contribution < 1.29 is 38.6 Å². The number of benzene rings is 1. The van der Waals surface area contributed by atoms with Gasteiger partial charge in [-0.15, -0.1) is 0 Å². The molecule has 0 bridgehead atoms. The fourth-order valence-electron chi connectivity index (χ4n) is 7.32. The summed E-state index contributed by atoms with van der Waals surface area (Å²) in [4.78, 5) is 69.8. The molecule has 5 N–H and O–H groups in total. The normalized spacial score (nSPS) is 19.3. The number of nitrogens with zero attached hydrogens (tertiary/aromatic N) is 2. The molecule has 0 aromatic heterocycles. The molecule has 0 aliphatic carbocycles. The molecule has 1 aromatic rings. The zero-order chi connectivity index (χ0) is 40.2. The van der Waals surface area contributed by atoms with Crippen LogP contribution in [0.3, 0.4) is 0 Å². The minimum Gasteiger partial charge on any atom is -0.481 e. The van der Waals surface area contributed by atoms with E-state index in [4.69, 9.17) is 15.2 Å². The highest BCUT2D eigenvalue weighted by atomic mass is 16.5. The Morgan fingerprint density at radius 2 is 1.64 bits per heavy atom. The van der Waals surface area contributed by atoms with Crippen LogP contribution in [0.15, 0.2) is 30.3 Å². The number of carboxylic acid groups (broad SMARTS) is 1. The summed E-state index contributed by atoms with van der Waals surface area (Å²) in [6, 6.07) is 7.52. The number of carboxylic acids is 1. The second-order valence-electron chi connectivity index (χ2n) is 15.9. The van der Waals surface area contributed by atoms with E-state index < -0.39 is 59.6 Å². The van der Waals surface area contributed by atoms with Crippen molar-refractivity contribution in [3.63, 3.8) is 0 Å². The molecule has 53 heavy (non-hydrogen) atoms. The fraction of sp³-hybridized carbons (Fsp3) is 0.725. The van der Waals surface area contributed by atoms with Crippen LogP contribution >= 0.6 is 0 Å². The monoisotopic (exact) mass is 745 g/mol. The number of hydrogen-bond acceptors (Lipinski definition) is 8. The van der Waals surface area contributed by atoms with Crippen LogP contribution in [0.25, 0.3) is 0 Å². The Morgan fingerprint density at radius 3 is 2.15 bits per heavy atom. The Kier molecular flexibility index (Phi) is 17.9. The molecule has 9 atom stereocenters. The van der Waals surface area contributed by atoms with Crippen LogP contribution in [0.5, 0.6) is 0 Å². The van der Waals surface area contributed by atoms with E-state index in [-0.39, 0.29) is 48.4 Å². The van der Waals surface area contributed by atoms with Gasteiger partial charge in [0.05, 0.1) is 48.1 Å². The molecule has 1 aliphatic heterocycles. The summed E-state index contributed by atoms with van der Waals surface area (Å²) in [5.74, 6) is -3.67. The van der Waals surface area contributed by atoms with E-state index in [1.165, 1.54) is 14.2 Å². The molecular formula is C40H67N5O8. The maximum Gasteiger partial charge on any atom is 0.306 e. The Balaban J connectivity index is 2.28. The smallest absolute Gasteiger partial charge is 0.306 e. The Labute approximate surface area is 317 Å². The Morgan fingerprint density at radius 1 is 1.02 bits per heavy atom. The predicted octanol–water partition coefficient (Wildman–Crippen LogP) is 3.62. The third-order valence-corrected chi connectivity index (χ3v) is 10.8. The van der Waals surface area contributed by atoms with Gasteiger partial charge in [-0.25, -0.2) is 0 Å². The largest absolute Gasteiger partial charge is 0.481 e. The Hall–Kier alpha value is -3.55. The number of carbonyl (C=O) groups excluding carboxylic acids is 4. The summed E-state index contributed by atoms with van der Waals surface area (Å²) in [6.45, 7) is 14.8. The van der Waals surface area contributed by atoms with Crippen molar-refractivity contribution in [1.29, 1.82) is 0 Å². The first-order valence-corrected chi connectivity index (χ1v) is 19.1. The van der Waals surface area contributed by atoms with Crippen molar-refractivity contribution in [2.75, 3.05) is 27.8 Å². The van der Waals surface area contributed by atoms with Crippen molar-refractivity contribution in [3.8, 4) is 0 Å². The molecule has 13 nitrogen and oxygen atoms in total. The summed E-state index contributed by atoms with van der Waals surface area (Å²) in [5.41, 5.74) is 5.84. The van der Waals surface area contributed by atoms with Crippen molar-refractivity contribution in [2.45, 2.75) is 136 Å². The van der Waals surface area contributed by atoms with Crippen LogP contribution in [-0.2, 0) is 39.9 Å². The second kappa shape index (κ2) is 20.8. The number of nitrogens with two attached hydrogens (primary N) is 1. The SMILES string of the molecule is CC[C@H](C)[C@@H]([C@@H](CC(=O)N1CCCC1[C@H](OC)[C@@H](C)C(=O)N[C@@H](Cc1ccccc1)C[C@H](C)C(=O)O)OC)N(C)C(=O)[C@@H](NC(=O)C(C)(C)N)C(C)C. The zero-order valence-electron chi connectivity index (χ0n) is 33.9. The molecule has 1 aromatic carbocycles. The minimum atomic E-state index is -1.17. The van der Waals surface area contributed by atoms with Crippen molar-refractivity contribution in [1.82, 2.24) is 20.4 Å². The van der Waals surface area contributed by atoms with Crippen molar-refractivity contribution in [3.05, 3.63) is 35.9 Å². The van der Waals surface area contributed by atoms with Gasteiger partial charge in [0.1, 0.15) is 6.04 Å². The van der Waals surface area contributed by atoms with Gasteiger partial charge in [0, 0.05) is 33.9 Å². The average molecular weight is 746 g/mol.